The van der Waals surface area contributed by atoms with Crippen molar-refractivity contribution in [2.75, 3.05) is 17.7 Å². The topological polar surface area (TPSA) is 124 Å². The molecule has 0 unspecified atom stereocenters. The molecule has 1 heterocycles. The number of benzene rings is 3. The zero-order valence-electron chi connectivity index (χ0n) is 19.2. The van der Waals surface area contributed by atoms with Crippen molar-refractivity contribution in [3.05, 3.63) is 89.6 Å². The van der Waals surface area contributed by atoms with Crippen molar-refractivity contribution in [2.45, 2.75) is 19.8 Å². The number of fused-ring (bicyclic) bond motifs is 1. The number of aromatic nitrogens is 1. The molecule has 8 nitrogen and oxygen atoms in total. The molecule has 0 aliphatic carbocycles. The molecule has 0 saturated heterocycles. The Balaban J connectivity index is 1.56. The van der Waals surface area contributed by atoms with Crippen LogP contribution in [-0.4, -0.2) is 34.1 Å². The van der Waals surface area contributed by atoms with E-state index < -0.39 is 11.9 Å². The summed E-state index contributed by atoms with van der Waals surface area (Å²) in [6, 6.07) is 19.2. The summed E-state index contributed by atoms with van der Waals surface area (Å²) in [5.74, 6) is -1.67. The van der Waals surface area contributed by atoms with Crippen molar-refractivity contribution >= 4 is 40.1 Å². The highest BCUT2D eigenvalue weighted by atomic mass is 16.5. The standard InChI is InChI=1S/C27H25N3O5/c1-2-35-27(34)18-6-11-21(12-7-18)30-16-23(26(32)33)22-15-20(10-13-24(22)30)29-25(31)14-5-17-3-8-19(28)9-4-17/h3-4,6-13,15-16H,2,5,14,28H2,1H3,(H,29,31)(H,32,33). The number of ether oxygens (including phenoxy) is 1. The predicted molar refractivity (Wildman–Crippen MR) is 134 cm³/mol. The van der Waals surface area contributed by atoms with Crippen LogP contribution in [0.2, 0.25) is 0 Å². The van der Waals surface area contributed by atoms with E-state index in [0.29, 0.717) is 39.9 Å². The lowest BCUT2D eigenvalue weighted by Gasteiger charge is -2.09. The minimum Gasteiger partial charge on any atom is -0.478 e. The lowest BCUT2D eigenvalue weighted by atomic mass is 10.1. The third-order valence-electron chi connectivity index (χ3n) is 5.60. The summed E-state index contributed by atoms with van der Waals surface area (Å²) >= 11 is 0. The molecule has 0 spiro atoms. The van der Waals surface area contributed by atoms with Gasteiger partial charge in [-0.05, 0) is 73.5 Å². The van der Waals surface area contributed by atoms with E-state index in [1.807, 2.05) is 12.1 Å². The Kier molecular flexibility index (Phi) is 6.82. The van der Waals surface area contributed by atoms with E-state index in [2.05, 4.69) is 5.32 Å². The van der Waals surface area contributed by atoms with Gasteiger partial charge in [0.2, 0.25) is 5.91 Å². The van der Waals surface area contributed by atoms with E-state index in [4.69, 9.17) is 10.5 Å². The molecule has 4 N–H and O–H groups in total. The number of nitrogens with one attached hydrogen (secondary N) is 1. The van der Waals surface area contributed by atoms with Crippen LogP contribution in [0.4, 0.5) is 11.4 Å². The van der Waals surface area contributed by atoms with Gasteiger partial charge in [-0.1, -0.05) is 12.1 Å². The van der Waals surface area contributed by atoms with Crippen LogP contribution >= 0.6 is 0 Å². The summed E-state index contributed by atoms with van der Waals surface area (Å²) in [7, 11) is 0. The summed E-state index contributed by atoms with van der Waals surface area (Å²) in [5, 5.41) is 13.1. The van der Waals surface area contributed by atoms with Crippen molar-refractivity contribution in [1.82, 2.24) is 4.57 Å². The quantitative estimate of drug-likeness (QED) is 0.254. The Morgan fingerprint density at radius 2 is 1.71 bits per heavy atom. The largest absolute Gasteiger partial charge is 0.478 e. The lowest BCUT2D eigenvalue weighted by Crippen LogP contribution is -2.12. The number of carbonyl (C=O) groups excluding carboxylic acids is 2. The van der Waals surface area contributed by atoms with Crippen LogP contribution in [0.5, 0.6) is 0 Å². The van der Waals surface area contributed by atoms with Crippen LogP contribution in [0.1, 0.15) is 39.6 Å². The molecule has 4 rings (SSSR count). The fourth-order valence-electron chi connectivity index (χ4n) is 3.83. The third-order valence-corrected chi connectivity index (χ3v) is 5.60. The smallest absolute Gasteiger partial charge is 0.338 e. The average molecular weight is 472 g/mol. The molecule has 1 aromatic heterocycles. The normalized spacial score (nSPS) is 10.8. The summed E-state index contributed by atoms with van der Waals surface area (Å²) in [6.45, 7) is 2.02. The first kappa shape index (κ1) is 23.6. The van der Waals surface area contributed by atoms with Crippen LogP contribution in [0.25, 0.3) is 16.6 Å². The molecule has 0 radical (unpaired) electrons. The Morgan fingerprint density at radius 3 is 2.37 bits per heavy atom. The second-order valence-corrected chi connectivity index (χ2v) is 8.01. The minimum atomic E-state index is -1.08. The molecule has 0 aliphatic heterocycles. The average Bonchev–Trinajstić information content (AvgIpc) is 3.23. The number of anilines is 2. The molecule has 0 atom stereocenters. The molecular weight excluding hydrogens is 446 g/mol. The molecule has 1 amide bonds. The van der Waals surface area contributed by atoms with Crippen molar-refractivity contribution in [2.24, 2.45) is 0 Å². The fraction of sp³-hybridized carbons (Fsp3) is 0.148. The number of aromatic carboxylic acids is 1. The van der Waals surface area contributed by atoms with Gasteiger partial charge in [0, 0.05) is 35.1 Å². The van der Waals surface area contributed by atoms with E-state index in [1.165, 1.54) is 6.20 Å². The summed E-state index contributed by atoms with van der Waals surface area (Å²) in [6.07, 6.45) is 2.37. The van der Waals surface area contributed by atoms with Gasteiger partial charge < -0.3 is 25.5 Å². The van der Waals surface area contributed by atoms with E-state index in [1.54, 1.807) is 66.1 Å². The van der Waals surface area contributed by atoms with Gasteiger partial charge in [-0.2, -0.15) is 0 Å². The van der Waals surface area contributed by atoms with Gasteiger partial charge in [0.1, 0.15) is 0 Å². The van der Waals surface area contributed by atoms with Gasteiger partial charge in [0.25, 0.3) is 0 Å². The van der Waals surface area contributed by atoms with Crippen LogP contribution in [-0.2, 0) is 16.0 Å². The van der Waals surface area contributed by atoms with Crippen LogP contribution in [0, 0.1) is 0 Å². The second-order valence-electron chi connectivity index (χ2n) is 8.01. The molecule has 178 valence electrons. The number of amides is 1. The number of carboxylic acids is 1. The highest BCUT2D eigenvalue weighted by Gasteiger charge is 2.17. The van der Waals surface area contributed by atoms with E-state index in [0.717, 1.165) is 5.56 Å². The maximum Gasteiger partial charge on any atom is 0.338 e. The van der Waals surface area contributed by atoms with Crippen molar-refractivity contribution in [3.63, 3.8) is 0 Å². The Labute approximate surface area is 201 Å². The van der Waals surface area contributed by atoms with Gasteiger partial charge in [0.15, 0.2) is 0 Å². The zero-order valence-corrected chi connectivity index (χ0v) is 19.2. The molecule has 0 bridgehead atoms. The Hall–Kier alpha value is -4.59. The summed E-state index contributed by atoms with van der Waals surface area (Å²) in [5.41, 5.74) is 9.74. The molecule has 8 heteroatoms. The highest BCUT2D eigenvalue weighted by molar-refractivity contribution is 6.06. The van der Waals surface area contributed by atoms with Crippen LogP contribution in [0.3, 0.4) is 0 Å². The molecule has 0 saturated carbocycles. The number of esters is 1. The van der Waals surface area contributed by atoms with E-state index in [-0.39, 0.29) is 24.5 Å². The molecule has 4 aromatic rings. The highest BCUT2D eigenvalue weighted by Crippen LogP contribution is 2.28. The first-order valence-electron chi connectivity index (χ1n) is 11.2. The van der Waals surface area contributed by atoms with Gasteiger partial charge in [-0.25, -0.2) is 9.59 Å². The number of nitrogen functional groups attached to an aromatic ring is 1. The van der Waals surface area contributed by atoms with Gasteiger partial charge in [-0.15, -0.1) is 0 Å². The number of hydrogen-bond donors (Lipinski definition) is 3. The van der Waals surface area contributed by atoms with E-state index >= 15 is 0 Å². The summed E-state index contributed by atoms with van der Waals surface area (Å²) in [4.78, 5) is 36.3. The zero-order chi connectivity index (χ0) is 24.9. The van der Waals surface area contributed by atoms with Gasteiger partial charge in [-0.3, -0.25) is 4.79 Å². The molecule has 0 aliphatic rings. The first-order chi connectivity index (χ1) is 16.9. The molecular formula is C27H25N3O5. The van der Waals surface area contributed by atoms with Crippen molar-refractivity contribution in [3.8, 4) is 5.69 Å². The number of aryl methyl sites for hydroxylation is 1. The fourth-order valence-corrected chi connectivity index (χ4v) is 3.83. The van der Waals surface area contributed by atoms with E-state index in [9.17, 15) is 19.5 Å². The minimum absolute atomic E-state index is 0.104. The maximum absolute atomic E-state index is 12.5. The SMILES string of the molecule is CCOC(=O)c1ccc(-n2cc(C(=O)O)c3cc(NC(=O)CCc4ccc(N)cc4)ccc32)cc1. The van der Waals surface area contributed by atoms with Crippen LogP contribution in [0.15, 0.2) is 72.9 Å². The number of carboxylic acid groups (broad SMARTS) is 1. The van der Waals surface area contributed by atoms with Crippen molar-refractivity contribution in [1.29, 1.82) is 0 Å². The number of hydrogen-bond acceptors (Lipinski definition) is 5. The summed E-state index contributed by atoms with van der Waals surface area (Å²) < 4.78 is 6.74. The predicted octanol–water partition coefficient (Wildman–Crippen LogP) is 4.66. The number of nitrogens with two attached hydrogens (primary N) is 1. The number of nitrogens with zero attached hydrogens (tertiary/aromatic N) is 1. The molecule has 35 heavy (non-hydrogen) atoms. The van der Waals surface area contributed by atoms with Gasteiger partial charge in [0.05, 0.1) is 23.3 Å². The maximum atomic E-state index is 12.5. The number of carbonyl (C=O) groups is 3. The first-order valence-corrected chi connectivity index (χ1v) is 11.2. The Bertz CT molecular complexity index is 1390. The monoisotopic (exact) mass is 471 g/mol. The second kappa shape index (κ2) is 10.1. The van der Waals surface area contributed by atoms with Gasteiger partial charge >= 0.3 is 11.9 Å². The third kappa shape index (κ3) is 5.33. The van der Waals surface area contributed by atoms with Crippen molar-refractivity contribution < 1.29 is 24.2 Å². The number of rotatable bonds is 8. The molecule has 3 aromatic carbocycles. The molecule has 0 fully saturated rings. The van der Waals surface area contributed by atoms with Crippen LogP contribution < -0.4 is 11.1 Å². The lowest BCUT2D eigenvalue weighted by molar-refractivity contribution is -0.116. The Morgan fingerprint density at radius 1 is 1.00 bits per heavy atom.